The molecule has 0 aliphatic heterocycles. The molecule has 0 aromatic carbocycles. The first-order chi connectivity index (χ1) is 5.97. The molecule has 0 saturated heterocycles. The maximum absolute atomic E-state index is 9.98. The first-order valence-electron chi connectivity index (χ1n) is 4.08. The largest absolute Gasteiger partial charge is 0.469 e. The van der Waals surface area contributed by atoms with Gasteiger partial charge in [0.1, 0.15) is 0 Å². The van der Waals surface area contributed by atoms with Gasteiger partial charge in [0.2, 0.25) is 0 Å². The third-order valence-electron chi connectivity index (χ3n) is 0.924. The Morgan fingerprint density at radius 1 is 1.31 bits per heavy atom. The Labute approximate surface area is 78.5 Å². The predicted octanol–water partition coefficient (Wildman–Crippen LogP) is -0.200. The van der Waals surface area contributed by atoms with E-state index in [1.807, 2.05) is 6.92 Å². The molecule has 0 bridgehead atoms. The summed E-state index contributed by atoms with van der Waals surface area (Å²) >= 11 is 0. The molecule has 0 heterocycles. The lowest BCUT2D eigenvalue weighted by molar-refractivity contribution is 0.194. The van der Waals surface area contributed by atoms with E-state index in [0.717, 1.165) is 6.42 Å². The summed E-state index contributed by atoms with van der Waals surface area (Å²) < 4.78 is 14.1. The maximum Gasteiger partial charge on any atom is 0.469 e. The van der Waals surface area contributed by atoms with Crippen LogP contribution in [-0.2, 0) is 9.09 Å². The summed E-state index contributed by atoms with van der Waals surface area (Å²) in [4.78, 5) is 16.3. The van der Waals surface area contributed by atoms with Crippen molar-refractivity contribution in [3.63, 3.8) is 0 Å². The molecule has 0 aliphatic rings. The number of hydrogen-bond donors (Lipinski definition) is 4. The zero-order valence-electron chi connectivity index (χ0n) is 7.85. The van der Waals surface area contributed by atoms with Crippen molar-refractivity contribution in [3.8, 4) is 0 Å². The van der Waals surface area contributed by atoms with Crippen molar-refractivity contribution in [2.45, 2.75) is 19.8 Å². The molecular formula is C6H19N2O4P. The number of phosphoric ester groups is 1. The van der Waals surface area contributed by atoms with Crippen LogP contribution in [0.2, 0.25) is 0 Å². The van der Waals surface area contributed by atoms with Crippen LogP contribution in [0.3, 0.4) is 0 Å². The lowest BCUT2D eigenvalue weighted by atomic mass is 10.4. The molecule has 0 unspecified atom stereocenters. The van der Waals surface area contributed by atoms with Crippen LogP contribution >= 0.6 is 7.82 Å². The van der Waals surface area contributed by atoms with Crippen LogP contribution in [0.25, 0.3) is 0 Å². The summed E-state index contributed by atoms with van der Waals surface area (Å²) in [6.07, 6.45) is 1.56. The summed E-state index contributed by atoms with van der Waals surface area (Å²) in [7, 11) is -4.20. The van der Waals surface area contributed by atoms with E-state index in [4.69, 9.17) is 21.3 Å². The molecule has 6 N–H and O–H groups in total. The van der Waals surface area contributed by atoms with Crippen LogP contribution in [0.15, 0.2) is 0 Å². The van der Waals surface area contributed by atoms with E-state index < -0.39 is 7.82 Å². The van der Waals surface area contributed by atoms with E-state index in [1.165, 1.54) is 0 Å². The maximum atomic E-state index is 9.98. The van der Waals surface area contributed by atoms with Gasteiger partial charge in [0.15, 0.2) is 0 Å². The summed E-state index contributed by atoms with van der Waals surface area (Å²) in [6.45, 7) is 3.25. The molecule has 13 heavy (non-hydrogen) atoms. The Hall–Kier alpha value is 0.0300. The second-order valence-corrected chi connectivity index (χ2v) is 3.49. The van der Waals surface area contributed by atoms with Gasteiger partial charge in [0, 0.05) is 13.1 Å². The molecule has 0 rings (SSSR count). The van der Waals surface area contributed by atoms with Crippen molar-refractivity contribution in [1.82, 2.24) is 0 Å². The molecule has 0 spiro atoms. The molecule has 0 aromatic rings. The molecule has 6 nitrogen and oxygen atoms in total. The Bertz CT molecular complexity index is 137. The van der Waals surface area contributed by atoms with Gasteiger partial charge in [0.05, 0.1) is 6.61 Å². The molecule has 82 valence electrons. The van der Waals surface area contributed by atoms with E-state index in [1.54, 1.807) is 0 Å². The van der Waals surface area contributed by atoms with Gasteiger partial charge in [-0.3, -0.25) is 4.52 Å². The van der Waals surface area contributed by atoms with Crippen molar-refractivity contribution in [2.75, 3.05) is 19.7 Å². The van der Waals surface area contributed by atoms with Gasteiger partial charge in [-0.15, -0.1) is 0 Å². The standard InChI is InChI=1S/C4H11O4P.C2H8N2/c1-2-3-4-8-9(5,6)7;3-1-2-4/h2-4H2,1H3,(H2,5,6,7);1-4H2. The van der Waals surface area contributed by atoms with E-state index in [-0.39, 0.29) is 6.61 Å². The van der Waals surface area contributed by atoms with Crippen LogP contribution in [0, 0.1) is 0 Å². The minimum atomic E-state index is -4.20. The third kappa shape index (κ3) is 24.5. The first-order valence-corrected chi connectivity index (χ1v) is 5.61. The zero-order chi connectivity index (χ0) is 10.7. The predicted molar refractivity (Wildman–Crippen MR) is 51.0 cm³/mol. The van der Waals surface area contributed by atoms with Crippen molar-refractivity contribution < 1.29 is 18.9 Å². The summed E-state index contributed by atoms with van der Waals surface area (Å²) in [5.74, 6) is 0. The summed E-state index contributed by atoms with van der Waals surface area (Å²) in [5, 5.41) is 0. The van der Waals surface area contributed by atoms with Gasteiger partial charge in [-0.1, -0.05) is 13.3 Å². The number of rotatable bonds is 5. The second-order valence-electron chi connectivity index (χ2n) is 2.25. The van der Waals surface area contributed by atoms with E-state index in [9.17, 15) is 4.57 Å². The average molecular weight is 214 g/mol. The Balaban J connectivity index is 0. The number of unbranched alkanes of at least 4 members (excludes halogenated alkanes) is 1. The van der Waals surface area contributed by atoms with Crippen molar-refractivity contribution in [1.29, 1.82) is 0 Å². The summed E-state index contributed by atoms with van der Waals surface area (Å²) in [5.41, 5.74) is 9.81. The monoisotopic (exact) mass is 214 g/mol. The van der Waals surface area contributed by atoms with Crippen LogP contribution in [-0.4, -0.2) is 29.5 Å². The highest BCUT2D eigenvalue weighted by atomic mass is 31.2. The minimum Gasteiger partial charge on any atom is -0.329 e. The smallest absolute Gasteiger partial charge is 0.329 e. The average Bonchev–Trinajstić information content (AvgIpc) is 2.03. The summed E-state index contributed by atoms with van der Waals surface area (Å²) in [6, 6.07) is 0. The third-order valence-corrected chi connectivity index (χ3v) is 1.44. The van der Waals surface area contributed by atoms with E-state index in [0.29, 0.717) is 19.5 Å². The van der Waals surface area contributed by atoms with Gasteiger partial charge in [-0.05, 0) is 6.42 Å². The Kier molecular flexibility index (Phi) is 12.1. The van der Waals surface area contributed by atoms with Crippen LogP contribution in [0.1, 0.15) is 19.8 Å². The van der Waals surface area contributed by atoms with E-state index >= 15 is 0 Å². The fraction of sp³-hybridized carbons (Fsp3) is 1.00. The lowest BCUT2D eigenvalue weighted by Gasteiger charge is -2.02. The number of hydrogen-bond acceptors (Lipinski definition) is 4. The fourth-order valence-electron chi connectivity index (χ4n) is 0.328. The van der Waals surface area contributed by atoms with Crippen LogP contribution in [0.4, 0.5) is 0 Å². The molecular weight excluding hydrogens is 195 g/mol. The number of nitrogens with two attached hydrogens (primary N) is 2. The number of phosphoric acid groups is 1. The molecule has 0 radical (unpaired) electrons. The van der Waals surface area contributed by atoms with Gasteiger partial charge in [-0.25, -0.2) is 4.57 Å². The van der Waals surface area contributed by atoms with E-state index in [2.05, 4.69) is 4.52 Å². The quantitative estimate of drug-likeness (QED) is 0.371. The minimum absolute atomic E-state index is 0.140. The van der Waals surface area contributed by atoms with Crippen molar-refractivity contribution in [2.24, 2.45) is 11.5 Å². The van der Waals surface area contributed by atoms with Crippen LogP contribution in [0.5, 0.6) is 0 Å². The van der Waals surface area contributed by atoms with Crippen molar-refractivity contribution in [3.05, 3.63) is 0 Å². The highest BCUT2D eigenvalue weighted by Gasteiger charge is 2.11. The molecule has 0 amide bonds. The molecule has 0 aliphatic carbocycles. The second kappa shape index (κ2) is 10.1. The fourth-order valence-corrected chi connectivity index (χ4v) is 0.695. The highest BCUT2D eigenvalue weighted by Crippen LogP contribution is 2.35. The van der Waals surface area contributed by atoms with Gasteiger partial charge in [0.25, 0.3) is 0 Å². The normalized spacial score (nSPS) is 10.5. The van der Waals surface area contributed by atoms with Gasteiger partial charge >= 0.3 is 7.82 Å². The first kappa shape index (κ1) is 15.5. The zero-order valence-corrected chi connectivity index (χ0v) is 8.74. The molecule has 0 aromatic heterocycles. The van der Waals surface area contributed by atoms with Crippen molar-refractivity contribution >= 4 is 7.82 Å². The van der Waals surface area contributed by atoms with Crippen LogP contribution < -0.4 is 11.5 Å². The molecule has 0 fully saturated rings. The SMILES string of the molecule is CCCCOP(=O)(O)O.NCCN. The van der Waals surface area contributed by atoms with Gasteiger partial charge < -0.3 is 21.3 Å². The highest BCUT2D eigenvalue weighted by molar-refractivity contribution is 7.46. The Morgan fingerprint density at radius 3 is 2.00 bits per heavy atom. The Morgan fingerprint density at radius 2 is 1.77 bits per heavy atom. The molecule has 0 saturated carbocycles. The topological polar surface area (TPSA) is 119 Å². The van der Waals surface area contributed by atoms with Gasteiger partial charge in [-0.2, -0.15) is 0 Å². The lowest BCUT2D eigenvalue weighted by Crippen LogP contribution is -2.11. The molecule has 0 atom stereocenters. The molecule has 7 heteroatoms.